The van der Waals surface area contributed by atoms with Gasteiger partial charge >= 0.3 is 0 Å². The second-order valence-corrected chi connectivity index (χ2v) is 5.48. The number of para-hydroxylation sites is 1. The summed E-state index contributed by atoms with van der Waals surface area (Å²) in [6.07, 6.45) is 0. The van der Waals surface area contributed by atoms with Crippen molar-refractivity contribution in [1.82, 2.24) is 0 Å². The summed E-state index contributed by atoms with van der Waals surface area (Å²) in [4.78, 5) is 0. The Hall–Kier alpha value is -1.38. The number of nitrogens with zero attached hydrogens (tertiary/aromatic N) is 1. The first-order valence-electron chi connectivity index (χ1n) is 5.80. The van der Waals surface area contributed by atoms with Crippen LogP contribution < -0.4 is 4.74 Å². The van der Waals surface area contributed by atoms with Gasteiger partial charge in [-0.1, -0.05) is 28.1 Å². The Morgan fingerprint density at radius 2 is 2.00 bits per heavy atom. The zero-order chi connectivity index (χ0) is 14.5. The van der Waals surface area contributed by atoms with Crippen LogP contribution in [0.3, 0.4) is 0 Å². The van der Waals surface area contributed by atoms with Gasteiger partial charge in [-0.05, 0) is 40.2 Å². The van der Waals surface area contributed by atoms with Crippen LogP contribution in [0.1, 0.15) is 16.7 Å². The summed E-state index contributed by atoms with van der Waals surface area (Å²) >= 11 is 6.80. The predicted octanol–water partition coefficient (Wildman–Crippen LogP) is 4.93. The number of rotatable bonds is 4. The lowest BCUT2D eigenvalue weighted by Crippen LogP contribution is -2.01. The van der Waals surface area contributed by atoms with Crippen LogP contribution in [0.4, 0.5) is 4.39 Å². The van der Waals surface area contributed by atoms with E-state index in [1.165, 1.54) is 18.2 Å². The Labute approximate surface area is 133 Å². The van der Waals surface area contributed by atoms with Gasteiger partial charge in [-0.15, -0.1) is 0 Å². The molecule has 102 valence electrons. The quantitative estimate of drug-likeness (QED) is 0.683. The third kappa shape index (κ3) is 3.38. The lowest BCUT2D eigenvalue weighted by Gasteiger charge is -2.12. The van der Waals surface area contributed by atoms with E-state index in [1.807, 2.05) is 24.3 Å². The maximum atomic E-state index is 13.7. The van der Waals surface area contributed by atoms with Crippen LogP contribution in [-0.2, 0) is 11.9 Å². The van der Waals surface area contributed by atoms with E-state index in [2.05, 4.69) is 31.9 Å². The molecular formula is C15H10Br2FNO. The fourth-order valence-corrected chi connectivity index (χ4v) is 2.69. The fraction of sp³-hybridized carbons (Fsp3) is 0.133. The molecule has 0 unspecified atom stereocenters. The van der Waals surface area contributed by atoms with Crippen LogP contribution in [0.15, 0.2) is 40.9 Å². The lowest BCUT2D eigenvalue weighted by molar-refractivity contribution is 0.295. The minimum atomic E-state index is -0.378. The van der Waals surface area contributed by atoms with Crippen molar-refractivity contribution in [2.24, 2.45) is 0 Å². The Bertz CT molecular complexity index is 667. The fourth-order valence-electron chi connectivity index (χ4n) is 1.73. The first-order valence-corrected chi connectivity index (χ1v) is 7.72. The van der Waals surface area contributed by atoms with Gasteiger partial charge < -0.3 is 4.74 Å². The monoisotopic (exact) mass is 397 g/mol. The third-order valence-corrected chi connectivity index (χ3v) is 3.97. The van der Waals surface area contributed by atoms with Gasteiger partial charge in [-0.25, -0.2) is 4.39 Å². The molecule has 5 heteroatoms. The van der Waals surface area contributed by atoms with E-state index in [0.717, 1.165) is 10.0 Å². The standard InChI is InChI=1S/C15H10Br2FNO/c16-7-11-2-1-3-13(17)15(11)20-9-12-6-10(8-19)4-5-14(12)18/h1-6H,7,9H2. The van der Waals surface area contributed by atoms with Crippen molar-refractivity contribution in [3.05, 3.63) is 63.4 Å². The molecule has 0 N–H and O–H groups in total. The summed E-state index contributed by atoms with van der Waals surface area (Å²) < 4.78 is 20.2. The second kappa shape index (κ2) is 6.87. The molecule has 0 heterocycles. The molecule has 0 bridgehead atoms. The topological polar surface area (TPSA) is 33.0 Å². The normalized spacial score (nSPS) is 10.1. The van der Waals surface area contributed by atoms with Crippen molar-refractivity contribution in [3.63, 3.8) is 0 Å². The number of alkyl halides is 1. The molecule has 0 aliphatic rings. The van der Waals surface area contributed by atoms with Crippen molar-refractivity contribution in [1.29, 1.82) is 5.26 Å². The average Bonchev–Trinajstić information content (AvgIpc) is 2.47. The van der Waals surface area contributed by atoms with E-state index in [-0.39, 0.29) is 12.4 Å². The molecule has 0 amide bonds. The molecule has 0 aromatic heterocycles. The summed E-state index contributed by atoms with van der Waals surface area (Å²) in [6, 6.07) is 11.9. The lowest BCUT2D eigenvalue weighted by atomic mass is 10.1. The maximum Gasteiger partial charge on any atom is 0.138 e. The van der Waals surface area contributed by atoms with E-state index < -0.39 is 0 Å². The first kappa shape index (κ1) is 15.0. The van der Waals surface area contributed by atoms with E-state index in [0.29, 0.717) is 22.2 Å². The summed E-state index contributed by atoms with van der Waals surface area (Å²) in [5.41, 5.74) is 1.74. The van der Waals surface area contributed by atoms with Crippen molar-refractivity contribution in [2.75, 3.05) is 0 Å². The number of hydrogen-bond donors (Lipinski definition) is 0. The minimum Gasteiger partial charge on any atom is -0.487 e. The van der Waals surface area contributed by atoms with E-state index in [1.54, 1.807) is 0 Å². The van der Waals surface area contributed by atoms with Gasteiger partial charge in [-0.2, -0.15) is 5.26 Å². The van der Waals surface area contributed by atoms with Crippen molar-refractivity contribution in [3.8, 4) is 11.8 Å². The molecule has 0 atom stereocenters. The largest absolute Gasteiger partial charge is 0.487 e. The van der Waals surface area contributed by atoms with Crippen LogP contribution in [-0.4, -0.2) is 0 Å². The van der Waals surface area contributed by atoms with E-state index >= 15 is 0 Å². The van der Waals surface area contributed by atoms with Gasteiger partial charge in [-0.3, -0.25) is 0 Å². The number of hydrogen-bond acceptors (Lipinski definition) is 2. The molecule has 0 saturated heterocycles. The van der Waals surface area contributed by atoms with Crippen molar-refractivity contribution in [2.45, 2.75) is 11.9 Å². The van der Waals surface area contributed by atoms with Crippen molar-refractivity contribution < 1.29 is 9.13 Å². The molecule has 2 aromatic carbocycles. The van der Waals surface area contributed by atoms with Crippen LogP contribution in [0, 0.1) is 17.1 Å². The van der Waals surface area contributed by atoms with Crippen LogP contribution in [0.5, 0.6) is 5.75 Å². The highest BCUT2D eigenvalue weighted by Gasteiger charge is 2.10. The molecule has 2 aromatic rings. The van der Waals surface area contributed by atoms with Gasteiger partial charge in [0.25, 0.3) is 0 Å². The Morgan fingerprint density at radius 1 is 1.20 bits per heavy atom. The van der Waals surface area contributed by atoms with Gasteiger partial charge in [0.1, 0.15) is 18.2 Å². The van der Waals surface area contributed by atoms with Gasteiger partial charge in [0.15, 0.2) is 0 Å². The van der Waals surface area contributed by atoms with Crippen molar-refractivity contribution >= 4 is 31.9 Å². The number of benzene rings is 2. The van der Waals surface area contributed by atoms with E-state index in [4.69, 9.17) is 10.00 Å². The van der Waals surface area contributed by atoms with Crippen LogP contribution >= 0.6 is 31.9 Å². The summed E-state index contributed by atoms with van der Waals surface area (Å²) in [7, 11) is 0. The molecule has 2 rings (SSSR count). The number of ether oxygens (including phenoxy) is 1. The second-order valence-electron chi connectivity index (χ2n) is 4.07. The maximum absolute atomic E-state index is 13.7. The molecule has 0 fully saturated rings. The number of nitriles is 1. The number of halogens is 3. The van der Waals surface area contributed by atoms with E-state index in [9.17, 15) is 4.39 Å². The molecule has 2 nitrogen and oxygen atoms in total. The van der Waals surface area contributed by atoms with Gasteiger partial charge in [0.05, 0.1) is 16.1 Å². The molecular weight excluding hydrogens is 389 g/mol. The average molecular weight is 399 g/mol. The predicted molar refractivity (Wildman–Crippen MR) is 82.2 cm³/mol. The summed E-state index contributed by atoms with van der Waals surface area (Å²) in [6.45, 7) is 0.0734. The smallest absolute Gasteiger partial charge is 0.138 e. The van der Waals surface area contributed by atoms with Crippen LogP contribution in [0.2, 0.25) is 0 Å². The Kier molecular flexibility index (Phi) is 5.16. The molecule has 20 heavy (non-hydrogen) atoms. The first-order chi connectivity index (χ1) is 9.65. The SMILES string of the molecule is N#Cc1ccc(F)c(COc2c(Br)cccc2CBr)c1. The highest BCUT2D eigenvalue weighted by Crippen LogP contribution is 2.31. The molecule has 0 aliphatic carbocycles. The Balaban J connectivity index is 2.23. The zero-order valence-electron chi connectivity index (χ0n) is 10.4. The zero-order valence-corrected chi connectivity index (χ0v) is 13.5. The highest BCUT2D eigenvalue weighted by molar-refractivity contribution is 9.10. The third-order valence-electron chi connectivity index (χ3n) is 2.74. The Morgan fingerprint density at radius 3 is 2.70 bits per heavy atom. The molecule has 0 aliphatic heterocycles. The van der Waals surface area contributed by atoms with Crippen LogP contribution in [0.25, 0.3) is 0 Å². The minimum absolute atomic E-state index is 0.0734. The summed E-state index contributed by atoms with van der Waals surface area (Å²) in [5.74, 6) is 0.294. The summed E-state index contributed by atoms with van der Waals surface area (Å²) in [5, 5.41) is 9.48. The van der Waals surface area contributed by atoms with Gasteiger partial charge in [0.2, 0.25) is 0 Å². The highest BCUT2D eigenvalue weighted by atomic mass is 79.9. The van der Waals surface area contributed by atoms with Gasteiger partial charge in [0, 0.05) is 16.5 Å². The molecule has 0 saturated carbocycles. The molecule has 0 radical (unpaired) electrons. The molecule has 0 spiro atoms.